The minimum Gasteiger partial charge on any atom is -0.376 e. The molecule has 5 heteroatoms. The van der Waals surface area contributed by atoms with Crippen LogP contribution in [0, 0.1) is 0 Å². The number of nitrogens with zero attached hydrogens (tertiary/aromatic N) is 2. The number of ether oxygens (including phenoxy) is 1. The molecule has 1 aliphatic rings. The van der Waals surface area contributed by atoms with Crippen molar-refractivity contribution in [3.63, 3.8) is 0 Å². The SMILES string of the molecule is CN(C[C@H]1CCCO1)C(=O)Nc1cccc2cccnc12. The van der Waals surface area contributed by atoms with Crippen LogP contribution in [0.2, 0.25) is 0 Å². The maximum atomic E-state index is 12.3. The third-order valence-corrected chi connectivity index (χ3v) is 3.72. The van der Waals surface area contributed by atoms with Crippen molar-refractivity contribution in [3.8, 4) is 0 Å². The molecule has 1 atom stereocenters. The lowest BCUT2D eigenvalue weighted by Crippen LogP contribution is -2.37. The van der Waals surface area contributed by atoms with Gasteiger partial charge in [-0.3, -0.25) is 4.98 Å². The zero-order chi connectivity index (χ0) is 14.7. The van der Waals surface area contributed by atoms with Crippen LogP contribution in [0.15, 0.2) is 36.5 Å². The number of anilines is 1. The van der Waals surface area contributed by atoms with Crippen molar-refractivity contribution < 1.29 is 9.53 Å². The fourth-order valence-electron chi connectivity index (χ4n) is 2.59. The van der Waals surface area contributed by atoms with E-state index in [0.29, 0.717) is 6.54 Å². The molecule has 21 heavy (non-hydrogen) atoms. The number of fused-ring (bicyclic) bond motifs is 1. The Bertz CT molecular complexity index is 633. The van der Waals surface area contributed by atoms with Crippen LogP contribution in [0.4, 0.5) is 10.5 Å². The first-order valence-electron chi connectivity index (χ1n) is 7.21. The summed E-state index contributed by atoms with van der Waals surface area (Å²) in [6, 6.07) is 9.50. The van der Waals surface area contributed by atoms with Gasteiger partial charge in [0.05, 0.1) is 17.3 Å². The van der Waals surface area contributed by atoms with Crippen LogP contribution in [0.5, 0.6) is 0 Å². The van der Waals surface area contributed by atoms with E-state index in [4.69, 9.17) is 4.74 Å². The normalized spacial score (nSPS) is 17.9. The highest BCUT2D eigenvalue weighted by atomic mass is 16.5. The van der Waals surface area contributed by atoms with E-state index < -0.39 is 0 Å². The Morgan fingerprint density at radius 3 is 3.10 bits per heavy atom. The lowest BCUT2D eigenvalue weighted by molar-refractivity contribution is 0.0894. The topological polar surface area (TPSA) is 54.5 Å². The van der Waals surface area contributed by atoms with Gasteiger partial charge in [-0.2, -0.15) is 0 Å². The Kier molecular flexibility index (Phi) is 4.01. The minimum absolute atomic E-state index is 0.136. The number of carbonyl (C=O) groups is 1. The number of amides is 2. The molecule has 1 aromatic carbocycles. The summed E-state index contributed by atoms with van der Waals surface area (Å²) in [7, 11) is 1.79. The van der Waals surface area contributed by atoms with E-state index in [1.807, 2.05) is 30.3 Å². The molecule has 0 spiro atoms. The summed E-state index contributed by atoms with van der Waals surface area (Å²) in [5.74, 6) is 0. The van der Waals surface area contributed by atoms with Gasteiger partial charge < -0.3 is 15.0 Å². The van der Waals surface area contributed by atoms with Gasteiger partial charge in [-0.25, -0.2) is 4.79 Å². The van der Waals surface area contributed by atoms with Crippen LogP contribution in [0.25, 0.3) is 10.9 Å². The molecule has 110 valence electrons. The molecule has 2 heterocycles. The minimum atomic E-state index is -0.136. The summed E-state index contributed by atoms with van der Waals surface area (Å²) < 4.78 is 5.56. The third kappa shape index (κ3) is 3.13. The lowest BCUT2D eigenvalue weighted by Gasteiger charge is -2.21. The van der Waals surface area contributed by atoms with Crippen LogP contribution in [-0.4, -0.2) is 42.2 Å². The predicted octanol–water partition coefficient (Wildman–Crippen LogP) is 2.88. The zero-order valence-corrected chi connectivity index (χ0v) is 12.1. The van der Waals surface area contributed by atoms with Gasteiger partial charge in [0, 0.05) is 31.8 Å². The van der Waals surface area contributed by atoms with E-state index in [1.54, 1.807) is 18.1 Å². The molecule has 0 radical (unpaired) electrons. The standard InChI is InChI=1S/C16H19N3O2/c1-19(11-13-7-4-10-21-13)16(20)18-14-8-2-5-12-6-3-9-17-15(12)14/h2-3,5-6,8-9,13H,4,7,10-11H2,1H3,(H,18,20)/t13-/m1/s1. The summed E-state index contributed by atoms with van der Waals surface area (Å²) in [6.45, 7) is 1.41. The quantitative estimate of drug-likeness (QED) is 0.943. The van der Waals surface area contributed by atoms with Gasteiger partial charge in [-0.1, -0.05) is 18.2 Å². The van der Waals surface area contributed by atoms with E-state index in [9.17, 15) is 4.79 Å². The predicted molar refractivity (Wildman–Crippen MR) is 82.4 cm³/mol. The van der Waals surface area contributed by atoms with Gasteiger partial charge >= 0.3 is 6.03 Å². The molecule has 1 aliphatic heterocycles. The number of para-hydroxylation sites is 1. The van der Waals surface area contributed by atoms with Crippen LogP contribution in [-0.2, 0) is 4.74 Å². The van der Waals surface area contributed by atoms with Crippen molar-refractivity contribution in [1.82, 2.24) is 9.88 Å². The molecular formula is C16H19N3O2. The van der Waals surface area contributed by atoms with Gasteiger partial charge in [0.1, 0.15) is 0 Å². The third-order valence-electron chi connectivity index (χ3n) is 3.72. The number of hydrogen-bond donors (Lipinski definition) is 1. The van der Waals surface area contributed by atoms with Crippen molar-refractivity contribution in [1.29, 1.82) is 0 Å². The summed E-state index contributed by atoms with van der Waals surface area (Å²) in [5.41, 5.74) is 1.54. The Balaban J connectivity index is 1.70. The molecule has 1 saturated heterocycles. The van der Waals surface area contributed by atoms with Gasteiger partial charge in [0.15, 0.2) is 0 Å². The zero-order valence-electron chi connectivity index (χ0n) is 12.1. The second-order valence-electron chi connectivity index (χ2n) is 5.33. The lowest BCUT2D eigenvalue weighted by atomic mass is 10.2. The van der Waals surface area contributed by atoms with Crippen LogP contribution < -0.4 is 5.32 Å². The van der Waals surface area contributed by atoms with E-state index in [1.165, 1.54) is 0 Å². The fraction of sp³-hybridized carbons (Fsp3) is 0.375. The first kappa shape index (κ1) is 13.8. The second kappa shape index (κ2) is 6.10. The molecule has 0 aliphatic carbocycles. The highest BCUT2D eigenvalue weighted by Crippen LogP contribution is 2.21. The number of urea groups is 1. The van der Waals surface area contributed by atoms with Gasteiger partial charge in [-0.05, 0) is 25.0 Å². The number of likely N-dealkylation sites (N-methyl/N-ethyl adjacent to an activating group) is 1. The largest absolute Gasteiger partial charge is 0.376 e. The van der Waals surface area contributed by atoms with Crippen molar-refractivity contribution in [2.24, 2.45) is 0 Å². The smallest absolute Gasteiger partial charge is 0.321 e. The summed E-state index contributed by atoms with van der Waals surface area (Å²) in [5, 5.41) is 3.94. The van der Waals surface area contributed by atoms with Gasteiger partial charge in [0.2, 0.25) is 0 Å². The van der Waals surface area contributed by atoms with E-state index >= 15 is 0 Å². The molecule has 2 amide bonds. The number of pyridine rings is 1. The number of nitrogens with one attached hydrogen (secondary N) is 1. The number of carbonyl (C=O) groups excluding carboxylic acids is 1. The first-order chi connectivity index (χ1) is 10.2. The average molecular weight is 285 g/mol. The number of aromatic nitrogens is 1. The monoisotopic (exact) mass is 285 g/mol. The van der Waals surface area contributed by atoms with Gasteiger partial charge in [0.25, 0.3) is 0 Å². The van der Waals surface area contributed by atoms with E-state index in [-0.39, 0.29) is 12.1 Å². The molecule has 3 rings (SSSR count). The molecule has 0 saturated carbocycles. The Hall–Kier alpha value is -2.14. The van der Waals surface area contributed by atoms with Crippen molar-refractivity contribution in [2.45, 2.75) is 18.9 Å². The van der Waals surface area contributed by atoms with E-state index in [0.717, 1.165) is 36.0 Å². The molecule has 5 nitrogen and oxygen atoms in total. The Morgan fingerprint density at radius 1 is 1.43 bits per heavy atom. The van der Waals surface area contributed by atoms with Crippen LogP contribution in [0.3, 0.4) is 0 Å². The fourth-order valence-corrected chi connectivity index (χ4v) is 2.59. The molecule has 0 unspecified atom stereocenters. The van der Waals surface area contributed by atoms with Crippen LogP contribution in [0.1, 0.15) is 12.8 Å². The number of hydrogen-bond acceptors (Lipinski definition) is 3. The highest BCUT2D eigenvalue weighted by molar-refractivity contribution is 5.99. The highest BCUT2D eigenvalue weighted by Gasteiger charge is 2.20. The first-order valence-corrected chi connectivity index (χ1v) is 7.21. The summed E-state index contributed by atoms with van der Waals surface area (Å²) in [4.78, 5) is 18.3. The van der Waals surface area contributed by atoms with Crippen molar-refractivity contribution in [2.75, 3.05) is 25.5 Å². The average Bonchev–Trinajstić information content (AvgIpc) is 3.00. The van der Waals surface area contributed by atoms with Crippen molar-refractivity contribution in [3.05, 3.63) is 36.5 Å². The number of rotatable bonds is 3. The molecule has 2 aromatic rings. The van der Waals surface area contributed by atoms with Gasteiger partial charge in [-0.15, -0.1) is 0 Å². The van der Waals surface area contributed by atoms with E-state index in [2.05, 4.69) is 10.3 Å². The maximum Gasteiger partial charge on any atom is 0.321 e. The van der Waals surface area contributed by atoms with Crippen LogP contribution >= 0.6 is 0 Å². The van der Waals surface area contributed by atoms with Crippen molar-refractivity contribution >= 4 is 22.6 Å². The molecule has 1 N–H and O–H groups in total. The summed E-state index contributed by atoms with van der Waals surface area (Å²) >= 11 is 0. The molecular weight excluding hydrogens is 266 g/mol. The molecule has 0 bridgehead atoms. The molecule has 1 aromatic heterocycles. The molecule has 1 fully saturated rings. The maximum absolute atomic E-state index is 12.3. The second-order valence-corrected chi connectivity index (χ2v) is 5.33. The number of benzene rings is 1. The Labute approximate surface area is 123 Å². The summed E-state index contributed by atoms with van der Waals surface area (Å²) in [6.07, 6.45) is 3.99. The Morgan fingerprint density at radius 2 is 2.29 bits per heavy atom.